The Labute approximate surface area is 178 Å². The minimum atomic E-state index is 0.304. The van der Waals surface area contributed by atoms with Crippen molar-refractivity contribution in [2.75, 3.05) is 18.4 Å². The first-order chi connectivity index (χ1) is 14.5. The van der Waals surface area contributed by atoms with Crippen molar-refractivity contribution in [3.63, 3.8) is 0 Å². The summed E-state index contributed by atoms with van der Waals surface area (Å²) in [5.74, 6) is 1.94. The molecule has 1 N–H and O–H groups in total. The molecule has 4 rings (SSSR count). The fraction of sp³-hybridized carbons (Fsp3) is 0.435. The summed E-state index contributed by atoms with van der Waals surface area (Å²) in [6.45, 7) is 10.5. The van der Waals surface area contributed by atoms with Crippen LogP contribution < -0.4 is 5.32 Å². The molecule has 0 bridgehead atoms. The van der Waals surface area contributed by atoms with Crippen LogP contribution in [-0.4, -0.2) is 49.0 Å². The molecule has 2 atom stereocenters. The van der Waals surface area contributed by atoms with Crippen molar-refractivity contribution in [3.05, 3.63) is 54.0 Å². The smallest absolute Gasteiger partial charge is 0.135 e. The molecule has 4 heterocycles. The third kappa shape index (κ3) is 4.62. The van der Waals surface area contributed by atoms with Gasteiger partial charge in [0.15, 0.2) is 0 Å². The van der Waals surface area contributed by atoms with Gasteiger partial charge >= 0.3 is 0 Å². The van der Waals surface area contributed by atoms with Crippen LogP contribution in [0.2, 0.25) is 0 Å². The molecule has 1 aliphatic rings. The Morgan fingerprint density at radius 3 is 2.67 bits per heavy atom. The molecule has 7 nitrogen and oxygen atoms in total. The number of aromatic nitrogens is 5. The predicted octanol–water partition coefficient (Wildman–Crippen LogP) is 4.28. The lowest BCUT2D eigenvalue weighted by Gasteiger charge is -2.36. The molecular formula is C23H29N7. The fourth-order valence-electron chi connectivity index (χ4n) is 4.03. The van der Waals surface area contributed by atoms with Crippen molar-refractivity contribution in [1.29, 1.82) is 0 Å². The summed E-state index contributed by atoms with van der Waals surface area (Å²) in [6.07, 6.45) is 7.57. The zero-order valence-corrected chi connectivity index (χ0v) is 18.1. The Morgan fingerprint density at radius 1 is 1.03 bits per heavy atom. The molecule has 0 aliphatic carbocycles. The van der Waals surface area contributed by atoms with Gasteiger partial charge in [0.25, 0.3) is 0 Å². The molecule has 0 aromatic carbocycles. The summed E-state index contributed by atoms with van der Waals surface area (Å²) in [5.41, 5.74) is 4.35. The first-order valence-corrected chi connectivity index (χ1v) is 10.6. The van der Waals surface area contributed by atoms with Gasteiger partial charge in [-0.3, -0.25) is 9.97 Å². The van der Waals surface area contributed by atoms with Crippen molar-refractivity contribution in [2.45, 2.75) is 52.5 Å². The van der Waals surface area contributed by atoms with E-state index in [1.165, 1.54) is 0 Å². The first kappa shape index (κ1) is 20.3. The fourth-order valence-corrected chi connectivity index (χ4v) is 4.03. The monoisotopic (exact) mass is 403 g/mol. The van der Waals surface area contributed by atoms with E-state index in [0.29, 0.717) is 12.0 Å². The molecule has 1 saturated heterocycles. The van der Waals surface area contributed by atoms with E-state index in [9.17, 15) is 0 Å². The maximum atomic E-state index is 4.93. The van der Waals surface area contributed by atoms with Gasteiger partial charge in [-0.2, -0.15) is 0 Å². The number of nitrogens with zero attached hydrogens (tertiary/aromatic N) is 6. The highest BCUT2D eigenvalue weighted by atomic mass is 15.2. The molecule has 3 aromatic rings. The number of rotatable bonds is 5. The van der Waals surface area contributed by atoms with E-state index in [1.54, 1.807) is 18.6 Å². The maximum Gasteiger partial charge on any atom is 0.135 e. The minimum absolute atomic E-state index is 0.304. The van der Waals surface area contributed by atoms with Crippen LogP contribution in [0.25, 0.3) is 11.4 Å². The highest BCUT2D eigenvalue weighted by Crippen LogP contribution is 2.30. The van der Waals surface area contributed by atoms with E-state index in [4.69, 9.17) is 9.97 Å². The number of piperidine rings is 1. The summed E-state index contributed by atoms with van der Waals surface area (Å²) >= 11 is 0. The average Bonchev–Trinajstić information content (AvgIpc) is 2.74. The topological polar surface area (TPSA) is 79.7 Å². The SMILES string of the molecule is CCN1C[C@H](c2nc(Nc3ccnc(C)c3)cc(-c3cncc(C)n3)n2)CC[C@@H]1C. The lowest BCUT2D eigenvalue weighted by Crippen LogP contribution is -2.41. The van der Waals surface area contributed by atoms with Gasteiger partial charge in [0.2, 0.25) is 0 Å². The van der Waals surface area contributed by atoms with E-state index in [2.05, 4.69) is 39.0 Å². The second kappa shape index (κ2) is 8.83. The van der Waals surface area contributed by atoms with Crippen molar-refractivity contribution in [2.24, 2.45) is 0 Å². The molecule has 30 heavy (non-hydrogen) atoms. The second-order valence-corrected chi connectivity index (χ2v) is 8.06. The lowest BCUT2D eigenvalue weighted by molar-refractivity contribution is 0.149. The quantitative estimate of drug-likeness (QED) is 0.681. The van der Waals surface area contributed by atoms with Gasteiger partial charge in [0.05, 0.1) is 17.6 Å². The zero-order valence-electron chi connectivity index (χ0n) is 18.1. The molecule has 0 saturated carbocycles. The highest BCUT2D eigenvalue weighted by molar-refractivity contribution is 5.63. The Kier molecular flexibility index (Phi) is 5.99. The van der Waals surface area contributed by atoms with Crippen molar-refractivity contribution in [1.82, 2.24) is 29.8 Å². The molecule has 156 valence electrons. The van der Waals surface area contributed by atoms with Crippen LogP contribution >= 0.6 is 0 Å². The molecule has 0 unspecified atom stereocenters. The van der Waals surface area contributed by atoms with Crippen LogP contribution in [0.4, 0.5) is 11.5 Å². The Balaban J connectivity index is 1.72. The number of pyridine rings is 1. The predicted molar refractivity (Wildman–Crippen MR) is 119 cm³/mol. The van der Waals surface area contributed by atoms with Crippen LogP contribution in [-0.2, 0) is 0 Å². The number of likely N-dealkylation sites (N-methyl/N-ethyl adjacent to an activating group) is 1. The van der Waals surface area contributed by atoms with Crippen molar-refractivity contribution < 1.29 is 0 Å². The number of likely N-dealkylation sites (tertiary alicyclic amines) is 1. The second-order valence-electron chi connectivity index (χ2n) is 8.06. The minimum Gasteiger partial charge on any atom is -0.340 e. The summed E-state index contributed by atoms with van der Waals surface area (Å²) in [5, 5.41) is 3.43. The number of aryl methyl sites for hydroxylation is 2. The van der Waals surface area contributed by atoms with Crippen LogP contribution in [0.5, 0.6) is 0 Å². The maximum absolute atomic E-state index is 4.93. The van der Waals surface area contributed by atoms with Gasteiger partial charge in [-0.05, 0) is 52.3 Å². The van der Waals surface area contributed by atoms with Crippen LogP contribution in [0.15, 0.2) is 36.8 Å². The Bertz CT molecular complexity index is 1020. The summed E-state index contributed by atoms with van der Waals surface area (Å²) < 4.78 is 0. The number of hydrogen-bond acceptors (Lipinski definition) is 7. The standard InChI is InChI=1S/C23H29N7/c1-5-30-14-18(7-6-17(30)4)23-28-20(21-13-24-12-16(3)26-21)11-22(29-23)27-19-8-9-25-15(2)10-19/h8-13,17-18H,5-7,14H2,1-4H3,(H,25,27,28,29)/t17-,18+/m0/s1. The molecule has 3 aromatic heterocycles. The third-order valence-corrected chi connectivity index (χ3v) is 5.71. The molecule has 0 spiro atoms. The molecule has 0 amide bonds. The van der Waals surface area contributed by atoms with Gasteiger partial charge in [-0.1, -0.05) is 6.92 Å². The van der Waals surface area contributed by atoms with Crippen LogP contribution in [0.3, 0.4) is 0 Å². The van der Waals surface area contributed by atoms with E-state index < -0.39 is 0 Å². The molecule has 1 fully saturated rings. The highest BCUT2D eigenvalue weighted by Gasteiger charge is 2.28. The van der Waals surface area contributed by atoms with Gasteiger partial charge in [-0.15, -0.1) is 0 Å². The van der Waals surface area contributed by atoms with Crippen molar-refractivity contribution >= 4 is 11.5 Å². The first-order valence-electron chi connectivity index (χ1n) is 10.6. The van der Waals surface area contributed by atoms with Gasteiger partial charge < -0.3 is 10.2 Å². The van der Waals surface area contributed by atoms with Gasteiger partial charge in [0, 0.05) is 48.3 Å². The number of hydrogen-bond donors (Lipinski definition) is 1. The average molecular weight is 404 g/mol. The molecule has 7 heteroatoms. The summed E-state index contributed by atoms with van der Waals surface area (Å²) in [6, 6.07) is 6.51. The summed E-state index contributed by atoms with van der Waals surface area (Å²) in [4.78, 5) is 25.6. The Morgan fingerprint density at radius 2 is 1.90 bits per heavy atom. The van der Waals surface area contributed by atoms with Gasteiger partial charge in [-0.25, -0.2) is 15.0 Å². The van der Waals surface area contributed by atoms with E-state index in [1.807, 2.05) is 32.0 Å². The molecule has 0 radical (unpaired) electrons. The van der Waals surface area contributed by atoms with Crippen molar-refractivity contribution in [3.8, 4) is 11.4 Å². The van der Waals surface area contributed by atoms with Crippen LogP contribution in [0.1, 0.15) is 49.8 Å². The Hall–Kier alpha value is -2.93. The third-order valence-electron chi connectivity index (χ3n) is 5.71. The van der Waals surface area contributed by atoms with E-state index in [0.717, 1.165) is 66.0 Å². The largest absolute Gasteiger partial charge is 0.340 e. The number of nitrogens with one attached hydrogen (secondary N) is 1. The molecular weight excluding hydrogens is 374 g/mol. The zero-order chi connectivity index (χ0) is 21.1. The van der Waals surface area contributed by atoms with E-state index in [-0.39, 0.29) is 0 Å². The number of anilines is 2. The normalized spacial score (nSPS) is 19.6. The lowest BCUT2D eigenvalue weighted by atomic mass is 9.92. The molecule has 1 aliphatic heterocycles. The summed E-state index contributed by atoms with van der Waals surface area (Å²) in [7, 11) is 0. The van der Waals surface area contributed by atoms with Gasteiger partial charge in [0.1, 0.15) is 17.3 Å². The van der Waals surface area contributed by atoms with Crippen LogP contribution in [0, 0.1) is 13.8 Å². The van der Waals surface area contributed by atoms with E-state index >= 15 is 0 Å².